The number of ether oxygens (including phenoxy) is 3. The van der Waals surface area contributed by atoms with Crippen molar-refractivity contribution >= 4 is 22.4 Å². The number of rotatable bonds is 6. The number of aromatic nitrogens is 1. The van der Waals surface area contributed by atoms with Crippen molar-refractivity contribution in [2.45, 2.75) is 0 Å². The predicted molar refractivity (Wildman–Crippen MR) is 124 cm³/mol. The van der Waals surface area contributed by atoms with E-state index in [1.807, 2.05) is 0 Å². The number of methoxy groups -OCH3 is 3. The van der Waals surface area contributed by atoms with Gasteiger partial charge in [-0.15, -0.1) is 0 Å². The Morgan fingerprint density at radius 3 is 2.12 bits per heavy atom. The highest BCUT2D eigenvalue weighted by Crippen LogP contribution is 2.30. The maximum Gasteiger partial charge on any atom is 0.262 e. The molecule has 0 bridgehead atoms. The number of hydrogen-bond acceptors (Lipinski definition) is 5. The van der Waals surface area contributed by atoms with Gasteiger partial charge in [0.2, 0.25) is 0 Å². The van der Waals surface area contributed by atoms with Crippen LogP contribution in [-0.4, -0.2) is 31.8 Å². The van der Waals surface area contributed by atoms with Crippen molar-refractivity contribution in [1.82, 2.24) is 4.57 Å². The van der Waals surface area contributed by atoms with Crippen molar-refractivity contribution in [2.75, 3.05) is 26.6 Å². The number of pyridine rings is 1. The Balaban J connectivity index is 1.82. The second-order valence-corrected chi connectivity index (χ2v) is 6.98. The number of benzene rings is 3. The van der Waals surface area contributed by atoms with E-state index in [4.69, 9.17) is 14.2 Å². The van der Waals surface area contributed by atoms with Crippen LogP contribution < -0.4 is 25.1 Å². The van der Waals surface area contributed by atoms with Gasteiger partial charge >= 0.3 is 0 Å². The molecule has 4 aromatic rings. The normalized spacial score (nSPS) is 10.6. The summed E-state index contributed by atoms with van der Waals surface area (Å²) in [6.45, 7) is 0. The molecule has 0 aliphatic rings. The largest absolute Gasteiger partial charge is 0.497 e. The molecular weight excluding hydrogens is 408 g/mol. The van der Waals surface area contributed by atoms with Crippen molar-refractivity contribution in [3.05, 3.63) is 88.8 Å². The summed E-state index contributed by atoms with van der Waals surface area (Å²) in [4.78, 5) is 26.5. The Morgan fingerprint density at radius 2 is 1.47 bits per heavy atom. The van der Waals surface area contributed by atoms with Crippen LogP contribution in [0.4, 0.5) is 5.69 Å². The second-order valence-electron chi connectivity index (χ2n) is 6.98. The van der Waals surface area contributed by atoms with Gasteiger partial charge in [-0.3, -0.25) is 14.2 Å². The van der Waals surface area contributed by atoms with Gasteiger partial charge in [0.1, 0.15) is 17.2 Å². The van der Waals surface area contributed by atoms with Crippen LogP contribution in [0.3, 0.4) is 0 Å². The first-order valence-corrected chi connectivity index (χ1v) is 9.88. The highest BCUT2D eigenvalue weighted by atomic mass is 16.5. The zero-order valence-electron chi connectivity index (χ0n) is 17.9. The summed E-state index contributed by atoms with van der Waals surface area (Å²) in [5.74, 6) is 1.38. The minimum Gasteiger partial charge on any atom is -0.497 e. The number of anilines is 1. The molecule has 1 heterocycles. The molecule has 0 radical (unpaired) electrons. The third kappa shape index (κ3) is 3.88. The molecule has 7 nitrogen and oxygen atoms in total. The molecule has 32 heavy (non-hydrogen) atoms. The van der Waals surface area contributed by atoms with Gasteiger partial charge in [-0.05, 0) is 42.5 Å². The molecule has 0 unspecified atom stereocenters. The van der Waals surface area contributed by atoms with Gasteiger partial charge in [0, 0.05) is 28.7 Å². The third-order valence-corrected chi connectivity index (χ3v) is 5.18. The van der Waals surface area contributed by atoms with Crippen LogP contribution in [0.1, 0.15) is 10.4 Å². The average Bonchev–Trinajstić information content (AvgIpc) is 2.84. The molecular formula is C25H22N2O5. The van der Waals surface area contributed by atoms with Crippen LogP contribution in [0, 0.1) is 0 Å². The first-order chi connectivity index (χ1) is 15.5. The molecule has 4 rings (SSSR count). The minimum atomic E-state index is -0.369. The molecule has 0 fully saturated rings. The van der Waals surface area contributed by atoms with Gasteiger partial charge in [0.05, 0.1) is 32.6 Å². The van der Waals surface area contributed by atoms with E-state index in [0.29, 0.717) is 45.0 Å². The number of nitrogens with one attached hydrogen (secondary N) is 1. The smallest absolute Gasteiger partial charge is 0.262 e. The molecule has 1 amide bonds. The molecule has 1 N–H and O–H groups in total. The standard InChI is InChI=1S/C25H22N2O5/c1-30-17-10-8-16(9-11-17)27-15-21(19-6-4-5-7-20(19)25(27)29)24(28)26-22-13-12-18(31-2)14-23(22)32-3/h4-15H,1-3H3,(H,26,28). The zero-order valence-corrected chi connectivity index (χ0v) is 17.9. The van der Waals surface area contributed by atoms with Crippen LogP contribution in [0.5, 0.6) is 17.2 Å². The average molecular weight is 430 g/mol. The van der Waals surface area contributed by atoms with E-state index >= 15 is 0 Å². The lowest BCUT2D eigenvalue weighted by Gasteiger charge is -2.15. The first-order valence-electron chi connectivity index (χ1n) is 9.88. The SMILES string of the molecule is COc1ccc(-n2cc(C(=O)Nc3ccc(OC)cc3OC)c3ccccc3c2=O)cc1. The summed E-state index contributed by atoms with van der Waals surface area (Å²) >= 11 is 0. The molecule has 0 aliphatic heterocycles. The van der Waals surface area contributed by atoms with Gasteiger partial charge in [-0.1, -0.05) is 18.2 Å². The van der Waals surface area contributed by atoms with Gasteiger partial charge in [-0.25, -0.2) is 0 Å². The number of amides is 1. The highest BCUT2D eigenvalue weighted by molar-refractivity contribution is 6.13. The lowest BCUT2D eigenvalue weighted by Crippen LogP contribution is -2.22. The Morgan fingerprint density at radius 1 is 0.812 bits per heavy atom. The molecule has 0 spiro atoms. The summed E-state index contributed by atoms with van der Waals surface area (Å²) in [7, 11) is 4.65. The van der Waals surface area contributed by atoms with E-state index in [9.17, 15) is 9.59 Å². The molecule has 0 aliphatic carbocycles. The minimum absolute atomic E-state index is 0.218. The molecule has 1 aromatic heterocycles. The summed E-state index contributed by atoms with van der Waals surface area (Å²) in [6.07, 6.45) is 1.55. The maximum absolute atomic E-state index is 13.3. The number of carbonyl (C=O) groups excluding carboxylic acids is 1. The van der Waals surface area contributed by atoms with E-state index in [-0.39, 0.29) is 11.5 Å². The lowest BCUT2D eigenvalue weighted by molar-refractivity contribution is 0.102. The van der Waals surface area contributed by atoms with Gasteiger partial charge in [-0.2, -0.15) is 0 Å². The summed E-state index contributed by atoms with van der Waals surface area (Å²) < 4.78 is 17.3. The third-order valence-electron chi connectivity index (χ3n) is 5.18. The fourth-order valence-corrected chi connectivity index (χ4v) is 3.50. The van der Waals surface area contributed by atoms with E-state index in [1.54, 1.807) is 87.1 Å². The van der Waals surface area contributed by atoms with Gasteiger partial charge in [0.15, 0.2) is 0 Å². The van der Waals surface area contributed by atoms with E-state index in [0.717, 1.165) is 0 Å². The highest BCUT2D eigenvalue weighted by Gasteiger charge is 2.17. The van der Waals surface area contributed by atoms with Gasteiger partial charge < -0.3 is 19.5 Å². The predicted octanol–water partition coefficient (Wildman–Crippen LogP) is 4.27. The van der Waals surface area contributed by atoms with Crippen LogP contribution in [-0.2, 0) is 0 Å². The number of hydrogen-bond donors (Lipinski definition) is 1. The summed E-state index contributed by atoms with van der Waals surface area (Å²) in [5.41, 5.74) is 1.25. The molecule has 0 saturated carbocycles. The fourth-order valence-electron chi connectivity index (χ4n) is 3.50. The van der Waals surface area contributed by atoms with Crippen LogP contribution >= 0.6 is 0 Å². The van der Waals surface area contributed by atoms with Crippen molar-refractivity contribution in [3.8, 4) is 22.9 Å². The Bertz CT molecular complexity index is 1340. The summed E-state index contributed by atoms with van der Waals surface area (Å²) in [6, 6.07) is 19.2. The van der Waals surface area contributed by atoms with E-state index in [2.05, 4.69) is 5.32 Å². The monoisotopic (exact) mass is 430 g/mol. The summed E-state index contributed by atoms with van der Waals surface area (Å²) in [5, 5.41) is 3.89. The van der Waals surface area contributed by atoms with E-state index < -0.39 is 0 Å². The number of carbonyl (C=O) groups is 1. The number of fused-ring (bicyclic) bond motifs is 1. The molecule has 7 heteroatoms. The van der Waals surface area contributed by atoms with Crippen molar-refractivity contribution in [3.63, 3.8) is 0 Å². The van der Waals surface area contributed by atoms with Gasteiger partial charge in [0.25, 0.3) is 11.5 Å². The van der Waals surface area contributed by atoms with Crippen LogP contribution in [0.25, 0.3) is 16.5 Å². The van der Waals surface area contributed by atoms with E-state index in [1.165, 1.54) is 11.7 Å². The number of nitrogens with zero attached hydrogens (tertiary/aromatic N) is 1. The van der Waals surface area contributed by atoms with Crippen LogP contribution in [0.15, 0.2) is 77.7 Å². The molecule has 0 saturated heterocycles. The van der Waals surface area contributed by atoms with Crippen molar-refractivity contribution in [2.24, 2.45) is 0 Å². The second kappa shape index (κ2) is 8.85. The Hall–Kier alpha value is -4.26. The molecule has 3 aromatic carbocycles. The van der Waals surface area contributed by atoms with Crippen molar-refractivity contribution in [1.29, 1.82) is 0 Å². The molecule has 0 atom stereocenters. The Labute approximate surface area is 184 Å². The first kappa shape index (κ1) is 21.0. The topological polar surface area (TPSA) is 78.8 Å². The fraction of sp³-hybridized carbons (Fsp3) is 0.120. The zero-order chi connectivity index (χ0) is 22.7. The quantitative estimate of drug-likeness (QED) is 0.494. The lowest BCUT2D eigenvalue weighted by atomic mass is 10.1. The molecule has 162 valence electrons. The van der Waals surface area contributed by atoms with Crippen molar-refractivity contribution < 1.29 is 19.0 Å². The Kier molecular flexibility index (Phi) is 5.81. The van der Waals surface area contributed by atoms with Crippen LogP contribution in [0.2, 0.25) is 0 Å². The maximum atomic E-state index is 13.3.